The van der Waals surface area contributed by atoms with Crippen molar-refractivity contribution in [1.82, 2.24) is 13.7 Å². The number of aromatic nitrogens is 3. The molecule has 8 aromatic carbocycles. The molecule has 0 bridgehead atoms. The topological polar surface area (TPSA) is 47.3 Å². The summed E-state index contributed by atoms with van der Waals surface area (Å²) in [4.78, 5) is 7.56. The summed E-state index contributed by atoms with van der Waals surface area (Å²) in [7, 11) is 0. The van der Waals surface area contributed by atoms with E-state index >= 15 is 0 Å². The normalized spacial score (nSPS) is 11.5. The molecule has 0 amide bonds. The van der Waals surface area contributed by atoms with Gasteiger partial charge < -0.3 is 13.7 Å². The van der Waals surface area contributed by atoms with Crippen LogP contribution in [-0.2, 0) is 0 Å². The highest BCUT2D eigenvalue weighted by atomic mass is 15.0. The molecule has 0 fully saturated rings. The third-order valence-corrected chi connectivity index (χ3v) is 11.2. The molecule has 262 valence electrons. The van der Waals surface area contributed by atoms with Crippen LogP contribution in [0.2, 0.25) is 0 Å². The predicted octanol–water partition coefficient (Wildman–Crippen LogP) is 13.6. The van der Waals surface area contributed by atoms with Gasteiger partial charge in [-0.25, -0.2) is 9.69 Å². The molecule has 0 aliphatic heterocycles. The van der Waals surface area contributed by atoms with Gasteiger partial charge in [0.25, 0.3) is 0 Å². The Labute approximate surface area is 327 Å². The fraction of sp³-hybridized carbons (Fsp3) is 0. The first kappa shape index (κ1) is 32.1. The van der Waals surface area contributed by atoms with E-state index in [9.17, 15) is 5.26 Å². The molecule has 0 radical (unpaired) electrons. The van der Waals surface area contributed by atoms with Crippen molar-refractivity contribution in [3.8, 4) is 34.3 Å². The summed E-state index contributed by atoms with van der Waals surface area (Å²) in [6, 6.07) is 60.4. The molecule has 11 aromatic rings. The first-order valence-electron chi connectivity index (χ1n) is 18.6. The summed E-state index contributed by atoms with van der Waals surface area (Å²) in [5.41, 5.74) is 13.0. The summed E-state index contributed by atoms with van der Waals surface area (Å²) < 4.78 is 6.78. The summed E-state index contributed by atoms with van der Waals surface area (Å²) in [6.45, 7) is 15.6. The van der Waals surface area contributed by atoms with E-state index in [4.69, 9.17) is 13.1 Å². The Balaban J connectivity index is 1.06. The Bertz CT molecular complexity index is 3560. The zero-order valence-corrected chi connectivity index (χ0v) is 30.3. The van der Waals surface area contributed by atoms with Crippen LogP contribution in [0.25, 0.3) is 103 Å². The fourth-order valence-corrected chi connectivity index (χ4v) is 8.77. The Kier molecular flexibility index (Phi) is 6.95. The number of fused-ring (bicyclic) bond motifs is 9. The lowest BCUT2D eigenvalue weighted by Gasteiger charge is -2.13. The minimum absolute atomic E-state index is 0.546. The van der Waals surface area contributed by atoms with E-state index in [1.165, 1.54) is 10.8 Å². The van der Waals surface area contributed by atoms with Crippen LogP contribution in [0, 0.1) is 24.5 Å². The van der Waals surface area contributed by atoms with E-state index in [0.717, 1.165) is 82.8 Å². The molecule has 0 aliphatic rings. The van der Waals surface area contributed by atoms with Crippen LogP contribution >= 0.6 is 0 Å². The minimum Gasteiger partial charge on any atom is -0.311 e. The number of nitrogens with zero attached hydrogens (tertiary/aromatic N) is 6. The summed E-state index contributed by atoms with van der Waals surface area (Å²) >= 11 is 0. The van der Waals surface area contributed by atoms with Crippen LogP contribution < -0.4 is 0 Å². The highest BCUT2D eigenvalue weighted by molar-refractivity contribution is 6.13. The second kappa shape index (κ2) is 12.3. The van der Waals surface area contributed by atoms with Gasteiger partial charge in [0.1, 0.15) is 0 Å². The molecule has 0 N–H and O–H groups in total. The molecular formula is C51H28N6. The van der Waals surface area contributed by atoms with Crippen molar-refractivity contribution in [3.05, 3.63) is 198 Å². The molecule has 0 atom stereocenters. The smallest absolute Gasteiger partial charge is 0.189 e. The van der Waals surface area contributed by atoms with E-state index in [1.807, 2.05) is 60.7 Å². The molecular weight excluding hydrogens is 697 g/mol. The Morgan fingerprint density at radius 3 is 1.49 bits per heavy atom. The molecule has 6 heteroatoms. The molecule has 0 saturated carbocycles. The zero-order valence-electron chi connectivity index (χ0n) is 30.3. The Hall–Kier alpha value is -8.37. The van der Waals surface area contributed by atoms with Crippen molar-refractivity contribution in [2.75, 3.05) is 0 Å². The maximum absolute atomic E-state index is 9.92. The number of nitriles is 1. The van der Waals surface area contributed by atoms with Crippen LogP contribution in [-0.4, -0.2) is 13.7 Å². The van der Waals surface area contributed by atoms with Crippen LogP contribution in [0.1, 0.15) is 5.56 Å². The van der Waals surface area contributed by atoms with E-state index in [1.54, 1.807) is 0 Å². The SMILES string of the molecule is [C-]#[N+]c1cc(-c2ccc(-n3c4ccc(C#N)cc4c4cc(-n5c6ccccc6c6ccccc65)ccc43)cc2)cc(-n2c3ccccc3c3cc([N+]#[C-])ccc32)c1. The first-order chi connectivity index (χ1) is 28.1. The molecule has 3 heterocycles. The molecule has 0 aliphatic carbocycles. The molecule has 57 heavy (non-hydrogen) atoms. The van der Waals surface area contributed by atoms with Crippen LogP contribution in [0.5, 0.6) is 0 Å². The van der Waals surface area contributed by atoms with E-state index < -0.39 is 0 Å². The summed E-state index contributed by atoms with van der Waals surface area (Å²) in [5.74, 6) is 0. The lowest BCUT2D eigenvalue weighted by atomic mass is 10.0. The standard InChI is InChI=1S/C51H28N6/c1-53-35-18-23-50-44(29-35)42-11-5-8-14-48(42)57(50)39-27-34(26-36(28-39)54-2)33-16-19-37(20-17-33)55-49-22-15-32(31-52)25-43(49)45-30-38(21-24-51(45)55)56-46-12-6-3-9-40(46)41-10-4-7-13-47(41)56/h3-30H. The van der Waals surface area contributed by atoms with Crippen LogP contribution in [0.15, 0.2) is 170 Å². The minimum atomic E-state index is 0.546. The van der Waals surface area contributed by atoms with Crippen molar-refractivity contribution in [2.45, 2.75) is 0 Å². The maximum atomic E-state index is 9.92. The van der Waals surface area contributed by atoms with E-state index in [0.29, 0.717) is 16.9 Å². The van der Waals surface area contributed by atoms with Gasteiger partial charge in [0.15, 0.2) is 11.4 Å². The maximum Gasteiger partial charge on any atom is 0.189 e. The fourth-order valence-electron chi connectivity index (χ4n) is 8.77. The summed E-state index contributed by atoms with van der Waals surface area (Å²) in [6.07, 6.45) is 0. The predicted molar refractivity (Wildman–Crippen MR) is 232 cm³/mol. The van der Waals surface area contributed by atoms with Gasteiger partial charge in [0.2, 0.25) is 0 Å². The van der Waals surface area contributed by atoms with E-state index in [-0.39, 0.29) is 0 Å². The third kappa shape index (κ3) is 4.81. The van der Waals surface area contributed by atoms with E-state index in [2.05, 4.69) is 139 Å². The van der Waals surface area contributed by atoms with Gasteiger partial charge in [-0.1, -0.05) is 72.8 Å². The molecule has 0 unspecified atom stereocenters. The largest absolute Gasteiger partial charge is 0.311 e. The number of benzene rings is 8. The van der Waals surface area contributed by atoms with Crippen molar-refractivity contribution < 1.29 is 0 Å². The Morgan fingerprint density at radius 2 is 0.860 bits per heavy atom. The lowest BCUT2D eigenvalue weighted by Crippen LogP contribution is -1.96. The number of hydrogen-bond acceptors (Lipinski definition) is 1. The van der Waals surface area contributed by atoms with Crippen molar-refractivity contribution in [3.63, 3.8) is 0 Å². The van der Waals surface area contributed by atoms with Crippen molar-refractivity contribution in [1.29, 1.82) is 5.26 Å². The molecule has 11 rings (SSSR count). The monoisotopic (exact) mass is 724 g/mol. The number of hydrogen-bond donors (Lipinski definition) is 0. The number of para-hydroxylation sites is 3. The third-order valence-electron chi connectivity index (χ3n) is 11.2. The van der Waals surface area contributed by atoms with Crippen molar-refractivity contribution >= 4 is 76.8 Å². The quantitative estimate of drug-likeness (QED) is 0.167. The summed E-state index contributed by atoms with van der Waals surface area (Å²) in [5, 5.41) is 16.5. The average Bonchev–Trinajstić information content (AvgIpc) is 3.91. The Morgan fingerprint density at radius 1 is 0.368 bits per heavy atom. The van der Waals surface area contributed by atoms with Crippen LogP contribution in [0.4, 0.5) is 11.4 Å². The average molecular weight is 725 g/mol. The number of rotatable bonds is 4. The molecule has 0 spiro atoms. The molecule has 3 aromatic heterocycles. The van der Waals surface area contributed by atoms with Gasteiger partial charge >= 0.3 is 0 Å². The molecule has 0 saturated heterocycles. The van der Waals surface area contributed by atoms with Gasteiger partial charge in [-0.3, -0.25) is 0 Å². The lowest BCUT2D eigenvalue weighted by molar-refractivity contribution is 1.16. The first-order valence-corrected chi connectivity index (χ1v) is 18.6. The van der Waals surface area contributed by atoms with Gasteiger partial charge in [-0.15, -0.1) is 0 Å². The van der Waals surface area contributed by atoms with Gasteiger partial charge in [0, 0.05) is 44.0 Å². The van der Waals surface area contributed by atoms with Gasteiger partial charge in [0.05, 0.1) is 57.9 Å². The van der Waals surface area contributed by atoms with Gasteiger partial charge in [-0.05, 0) is 114 Å². The molecule has 6 nitrogen and oxygen atoms in total. The van der Waals surface area contributed by atoms with Gasteiger partial charge in [-0.2, -0.15) is 5.26 Å². The second-order valence-electron chi connectivity index (χ2n) is 14.3. The second-order valence-corrected chi connectivity index (χ2v) is 14.3. The highest BCUT2D eigenvalue weighted by Gasteiger charge is 2.18. The van der Waals surface area contributed by atoms with Crippen molar-refractivity contribution in [2.24, 2.45) is 0 Å². The van der Waals surface area contributed by atoms with Crippen LogP contribution in [0.3, 0.4) is 0 Å². The highest BCUT2D eigenvalue weighted by Crippen LogP contribution is 2.40. The zero-order chi connectivity index (χ0) is 38.2.